The summed E-state index contributed by atoms with van der Waals surface area (Å²) in [6.45, 7) is 0.501. The smallest absolute Gasteiger partial charge is 0.319 e. The van der Waals surface area contributed by atoms with Crippen LogP contribution in [0.15, 0.2) is 66.7 Å². The molecule has 3 N–H and O–H groups in total. The van der Waals surface area contributed by atoms with E-state index in [1.807, 2.05) is 66.7 Å². The molecule has 2 amide bonds. The molecule has 0 atom stereocenters. The summed E-state index contributed by atoms with van der Waals surface area (Å²) in [6.07, 6.45) is 0. The van der Waals surface area contributed by atoms with Crippen LogP contribution in [0.5, 0.6) is 5.75 Å². The number of carbonyl (C=O) groups is 1. The molecule has 0 unspecified atom stereocenters. The van der Waals surface area contributed by atoms with Crippen molar-refractivity contribution in [3.63, 3.8) is 0 Å². The first-order chi connectivity index (χ1) is 12.3. The van der Waals surface area contributed by atoms with Gasteiger partial charge in [0.2, 0.25) is 0 Å². The van der Waals surface area contributed by atoms with Crippen LogP contribution in [-0.2, 0) is 6.54 Å². The van der Waals surface area contributed by atoms with Crippen molar-refractivity contribution in [1.29, 1.82) is 0 Å². The number of para-hydroxylation sites is 1. The normalized spacial score (nSPS) is 10.4. The van der Waals surface area contributed by atoms with Crippen LogP contribution in [0.1, 0.15) is 5.56 Å². The number of hydrogen-bond donors (Lipinski definition) is 3. The molecule has 0 fully saturated rings. The van der Waals surface area contributed by atoms with E-state index in [9.17, 15) is 4.79 Å². The summed E-state index contributed by atoms with van der Waals surface area (Å²) in [6, 6.07) is 20.8. The first-order valence-corrected chi connectivity index (χ1v) is 8.12. The summed E-state index contributed by atoms with van der Waals surface area (Å²) in [4.78, 5) is 12.3. The monoisotopic (exact) mass is 336 g/mol. The largest absolute Gasteiger partial charge is 0.491 e. The van der Waals surface area contributed by atoms with Crippen LogP contribution in [0.4, 0.5) is 10.5 Å². The molecule has 3 rings (SSSR count). The number of rotatable bonds is 6. The quantitative estimate of drug-likeness (QED) is 0.645. The molecule has 3 aromatic carbocycles. The third-order valence-corrected chi connectivity index (χ3v) is 3.80. The number of ether oxygens (including phenoxy) is 1. The van der Waals surface area contributed by atoms with Gasteiger partial charge in [-0.05, 0) is 17.5 Å². The fourth-order valence-corrected chi connectivity index (χ4v) is 2.62. The predicted octanol–water partition coefficient (Wildman–Crippen LogP) is 3.53. The average Bonchev–Trinajstić information content (AvgIpc) is 2.65. The number of fused-ring (bicyclic) bond motifs is 1. The molecule has 0 spiro atoms. The number of amides is 2. The second-order valence-electron chi connectivity index (χ2n) is 5.51. The van der Waals surface area contributed by atoms with Gasteiger partial charge in [-0.2, -0.15) is 0 Å². The molecule has 0 heterocycles. The molecule has 0 saturated carbocycles. The van der Waals surface area contributed by atoms with Gasteiger partial charge in [-0.1, -0.05) is 54.6 Å². The van der Waals surface area contributed by atoms with Gasteiger partial charge in [0.15, 0.2) is 0 Å². The summed E-state index contributed by atoms with van der Waals surface area (Å²) < 4.78 is 5.47. The lowest BCUT2D eigenvalue weighted by Crippen LogP contribution is -2.28. The molecular weight excluding hydrogens is 316 g/mol. The van der Waals surface area contributed by atoms with Crippen LogP contribution >= 0.6 is 0 Å². The Morgan fingerprint density at radius 2 is 1.72 bits per heavy atom. The highest BCUT2D eigenvalue weighted by atomic mass is 16.5. The number of aliphatic hydroxyl groups is 1. The minimum absolute atomic E-state index is 0.0523. The van der Waals surface area contributed by atoms with Crippen LogP contribution in [-0.4, -0.2) is 24.4 Å². The summed E-state index contributed by atoms with van der Waals surface area (Å²) in [5.74, 6) is 0.655. The highest BCUT2D eigenvalue weighted by molar-refractivity contribution is 6.01. The van der Waals surface area contributed by atoms with Gasteiger partial charge in [-0.3, -0.25) is 0 Å². The van der Waals surface area contributed by atoms with Gasteiger partial charge in [0, 0.05) is 17.5 Å². The summed E-state index contributed by atoms with van der Waals surface area (Å²) in [7, 11) is 0. The Hall–Kier alpha value is -3.05. The van der Waals surface area contributed by atoms with Gasteiger partial charge in [0.1, 0.15) is 12.4 Å². The molecule has 3 aromatic rings. The first kappa shape index (κ1) is 16.8. The lowest BCUT2D eigenvalue weighted by Gasteiger charge is -2.13. The van der Waals surface area contributed by atoms with Crippen molar-refractivity contribution in [2.24, 2.45) is 0 Å². The van der Waals surface area contributed by atoms with Gasteiger partial charge < -0.3 is 20.5 Å². The Labute approximate surface area is 146 Å². The van der Waals surface area contributed by atoms with E-state index in [0.29, 0.717) is 12.3 Å². The summed E-state index contributed by atoms with van der Waals surface area (Å²) in [5, 5.41) is 16.7. The third kappa shape index (κ3) is 4.28. The number of anilines is 1. The number of hydrogen-bond acceptors (Lipinski definition) is 3. The lowest BCUT2D eigenvalue weighted by atomic mass is 10.1. The fourth-order valence-electron chi connectivity index (χ4n) is 2.62. The molecule has 5 heteroatoms. The van der Waals surface area contributed by atoms with E-state index >= 15 is 0 Å². The van der Waals surface area contributed by atoms with E-state index in [4.69, 9.17) is 9.84 Å². The van der Waals surface area contributed by atoms with E-state index in [2.05, 4.69) is 10.6 Å². The molecule has 0 aromatic heterocycles. The maximum Gasteiger partial charge on any atom is 0.319 e. The predicted molar refractivity (Wildman–Crippen MR) is 98.8 cm³/mol. The second-order valence-corrected chi connectivity index (χ2v) is 5.51. The van der Waals surface area contributed by atoms with Crippen molar-refractivity contribution in [2.75, 3.05) is 18.5 Å². The Morgan fingerprint density at radius 3 is 2.60 bits per heavy atom. The number of urea groups is 1. The highest BCUT2D eigenvalue weighted by Gasteiger charge is 2.07. The Balaban J connectivity index is 1.65. The van der Waals surface area contributed by atoms with Crippen molar-refractivity contribution in [3.8, 4) is 5.75 Å². The van der Waals surface area contributed by atoms with Gasteiger partial charge in [-0.15, -0.1) is 0 Å². The zero-order valence-corrected chi connectivity index (χ0v) is 13.7. The van der Waals surface area contributed by atoms with Gasteiger partial charge in [0.05, 0.1) is 12.3 Å². The van der Waals surface area contributed by atoms with E-state index in [0.717, 1.165) is 22.0 Å². The molecule has 5 nitrogen and oxygen atoms in total. The SMILES string of the molecule is O=C(NCc1ccccc1OCCO)Nc1cccc2ccccc12. The van der Waals surface area contributed by atoms with Crippen molar-refractivity contribution in [2.45, 2.75) is 6.54 Å². The van der Waals surface area contributed by atoms with Crippen molar-refractivity contribution in [3.05, 3.63) is 72.3 Å². The first-order valence-electron chi connectivity index (χ1n) is 8.12. The van der Waals surface area contributed by atoms with Crippen molar-refractivity contribution >= 4 is 22.5 Å². The van der Waals surface area contributed by atoms with Crippen molar-refractivity contribution in [1.82, 2.24) is 5.32 Å². The molecule has 0 aliphatic heterocycles. The molecule has 0 radical (unpaired) electrons. The zero-order chi connectivity index (χ0) is 17.5. The van der Waals surface area contributed by atoms with Crippen LogP contribution < -0.4 is 15.4 Å². The van der Waals surface area contributed by atoms with Gasteiger partial charge in [0.25, 0.3) is 0 Å². The Bertz CT molecular complexity index is 859. The molecule has 0 saturated heterocycles. The maximum absolute atomic E-state index is 12.3. The molecule has 128 valence electrons. The Morgan fingerprint density at radius 1 is 0.960 bits per heavy atom. The summed E-state index contributed by atoms with van der Waals surface area (Å²) in [5.41, 5.74) is 1.62. The highest BCUT2D eigenvalue weighted by Crippen LogP contribution is 2.23. The number of aliphatic hydroxyl groups excluding tert-OH is 1. The number of nitrogens with one attached hydrogen (secondary N) is 2. The maximum atomic E-state index is 12.3. The van der Waals surface area contributed by atoms with Crippen LogP contribution in [0, 0.1) is 0 Å². The minimum atomic E-state index is -0.284. The second kappa shape index (κ2) is 8.17. The van der Waals surface area contributed by atoms with E-state index in [-0.39, 0.29) is 19.2 Å². The van der Waals surface area contributed by atoms with E-state index < -0.39 is 0 Å². The average molecular weight is 336 g/mol. The third-order valence-electron chi connectivity index (χ3n) is 3.80. The van der Waals surface area contributed by atoms with Gasteiger partial charge in [-0.25, -0.2) is 4.79 Å². The van der Waals surface area contributed by atoms with E-state index in [1.54, 1.807) is 0 Å². The Kier molecular flexibility index (Phi) is 5.49. The number of benzene rings is 3. The molecule has 0 bridgehead atoms. The van der Waals surface area contributed by atoms with Crippen molar-refractivity contribution < 1.29 is 14.6 Å². The van der Waals surface area contributed by atoms with Crippen LogP contribution in [0.3, 0.4) is 0 Å². The zero-order valence-electron chi connectivity index (χ0n) is 13.7. The molecule has 25 heavy (non-hydrogen) atoms. The minimum Gasteiger partial charge on any atom is -0.491 e. The lowest BCUT2D eigenvalue weighted by molar-refractivity contribution is 0.200. The topological polar surface area (TPSA) is 70.6 Å². The molecule has 0 aliphatic carbocycles. The van der Waals surface area contributed by atoms with E-state index in [1.165, 1.54) is 0 Å². The standard InChI is InChI=1S/C20H20N2O3/c23-12-13-25-19-11-4-2-7-16(19)14-21-20(24)22-18-10-5-8-15-6-1-3-9-17(15)18/h1-11,23H,12-14H2,(H2,21,22,24). The fraction of sp³-hybridized carbons (Fsp3) is 0.150. The summed E-state index contributed by atoms with van der Waals surface area (Å²) >= 11 is 0. The molecular formula is C20H20N2O3. The number of carbonyl (C=O) groups excluding carboxylic acids is 1. The van der Waals surface area contributed by atoms with Gasteiger partial charge >= 0.3 is 6.03 Å². The molecule has 0 aliphatic rings. The van der Waals surface area contributed by atoms with Crippen LogP contribution in [0.25, 0.3) is 10.8 Å². The van der Waals surface area contributed by atoms with Crippen LogP contribution in [0.2, 0.25) is 0 Å².